The SMILES string of the molecule is C=CO/[N+]([O-])=N/N1CCCC1. The second-order valence-electron chi connectivity index (χ2n) is 2.26. The van der Waals surface area contributed by atoms with Crippen LogP contribution in [0, 0.1) is 5.21 Å². The molecule has 0 amide bonds. The maximum absolute atomic E-state index is 10.6. The lowest BCUT2D eigenvalue weighted by atomic mass is 10.4. The summed E-state index contributed by atoms with van der Waals surface area (Å²) >= 11 is 0. The van der Waals surface area contributed by atoms with Crippen LogP contribution < -0.4 is 0 Å². The zero-order valence-corrected chi connectivity index (χ0v) is 6.27. The third-order valence-electron chi connectivity index (χ3n) is 1.45. The lowest BCUT2D eigenvalue weighted by molar-refractivity contribution is -0.780. The molecule has 1 saturated heterocycles. The Morgan fingerprint density at radius 1 is 1.55 bits per heavy atom. The van der Waals surface area contributed by atoms with E-state index in [0.717, 1.165) is 32.2 Å². The van der Waals surface area contributed by atoms with Crippen molar-refractivity contribution in [1.82, 2.24) is 5.01 Å². The monoisotopic (exact) mass is 157 g/mol. The Morgan fingerprint density at radius 3 is 2.73 bits per heavy atom. The topological polar surface area (TPSA) is 50.9 Å². The number of rotatable bonds is 3. The Bertz CT molecular complexity index is 163. The third kappa shape index (κ3) is 2.45. The van der Waals surface area contributed by atoms with Gasteiger partial charge >= 0.3 is 0 Å². The van der Waals surface area contributed by atoms with Crippen molar-refractivity contribution in [3.8, 4) is 0 Å². The van der Waals surface area contributed by atoms with E-state index in [9.17, 15) is 5.21 Å². The average molecular weight is 157 g/mol. The van der Waals surface area contributed by atoms with Gasteiger partial charge in [0.15, 0.2) is 0 Å². The molecule has 0 saturated carbocycles. The first kappa shape index (κ1) is 7.84. The molecule has 0 radical (unpaired) electrons. The van der Waals surface area contributed by atoms with Crippen molar-refractivity contribution >= 4 is 0 Å². The van der Waals surface area contributed by atoms with E-state index in [1.54, 1.807) is 5.01 Å². The van der Waals surface area contributed by atoms with Gasteiger partial charge in [-0.1, -0.05) is 6.58 Å². The molecule has 0 bridgehead atoms. The van der Waals surface area contributed by atoms with Crippen molar-refractivity contribution in [1.29, 1.82) is 0 Å². The predicted molar refractivity (Wildman–Crippen MR) is 38.1 cm³/mol. The predicted octanol–water partition coefficient (Wildman–Crippen LogP) is 1.03. The van der Waals surface area contributed by atoms with Crippen molar-refractivity contribution in [3.05, 3.63) is 18.0 Å². The molecule has 5 heteroatoms. The van der Waals surface area contributed by atoms with E-state index in [1.807, 2.05) is 0 Å². The summed E-state index contributed by atoms with van der Waals surface area (Å²) in [4.78, 5) is 4.34. The van der Waals surface area contributed by atoms with Gasteiger partial charge in [0.1, 0.15) is 18.3 Å². The van der Waals surface area contributed by atoms with Crippen molar-refractivity contribution in [3.63, 3.8) is 0 Å². The summed E-state index contributed by atoms with van der Waals surface area (Å²) in [6, 6.07) is 0. The quantitative estimate of drug-likeness (QED) is 0.349. The zero-order chi connectivity index (χ0) is 8.10. The molecule has 0 aromatic carbocycles. The molecule has 0 N–H and O–H groups in total. The summed E-state index contributed by atoms with van der Waals surface area (Å²) in [6.07, 6.45) is 3.23. The van der Waals surface area contributed by atoms with Crippen LogP contribution in [0.1, 0.15) is 12.8 Å². The summed E-state index contributed by atoms with van der Waals surface area (Å²) in [7, 11) is 0. The molecule has 1 aliphatic rings. The zero-order valence-electron chi connectivity index (χ0n) is 6.27. The van der Waals surface area contributed by atoms with Crippen LogP contribution in [-0.4, -0.2) is 23.1 Å². The maximum Gasteiger partial charge on any atom is 0.130 e. The standard InChI is InChI=1S/C6H11N3O2/c1-2-11-9(10)7-8-5-3-4-6-8/h2H,1,3-6H2/b9-7+. The molecular formula is C6H11N3O2. The van der Waals surface area contributed by atoms with E-state index in [4.69, 9.17) is 0 Å². The van der Waals surface area contributed by atoms with E-state index < -0.39 is 0 Å². The molecule has 0 unspecified atom stereocenters. The van der Waals surface area contributed by atoms with Gasteiger partial charge in [0.05, 0.1) is 5.02 Å². The van der Waals surface area contributed by atoms with E-state index in [1.165, 1.54) is 0 Å². The summed E-state index contributed by atoms with van der Waals surface area (Å²) < 4.78 is 0. The summed E-state index contributed by atoms with van der Waals surface area (Å²) in [6.45, 7) is 4.90. The number of hydrogen-bond acceptors (Lipinski definition) is 3. The highest BCUT2D eigenvalue weighted by Crippen LogP contribution is 2.07. The van der Waals surface area contributed by atoms with E-state index in [-0.39, 0.29) is 5.02 Å². The molecule has 1 heterocycles. The summed E-state index contributed by atoms with van der Waals surface area (Å²) in [5, 5.41) is 16.0. The highest BCUT2D eigenvalue weighted by atomic mass is 16.9. The minimum Gasteiger partial charge on any atom is -0.431 e. The molecule has 5 nitrogen and oxygen atoms in total. The van der Waals surface area contributed by atoms with Crippen LogP contribution >= 0.6 is 0 Å². The molecule has 0 aromatic rings. The van der Waals surface area contributed by atoms with Gasteiger partial charge in [-0.25, -0.2) is 0 Å². The van der Waals surface area contributed by atoms with E-state index in [2.05, 4.69) is 16.6 Å². The van der Waals surface area contributed by atoms with Crippen LogP contribution in [0.25, 0.3) is 0 Å². The van der Waals surface area contributed by atoms with Gasteiger partial charge in [0.25, 0.3) is 0 Å². The highest BCUT2D eigenvalue weighted by molar-refractivity contribution is 4.58. The van der Waals surface area contributed by atoms with E-state index in [0.29, 0.717) is 0 Å². The van der Waals surface area contributed by atoms with Gasteiger partial charge in [0.2, 0.25) is 0 Å². The molecule has 11 heavy (non-hydrogen) atoms. The van der Waals surface area contributed by atoms with Crippen molar-refractivity contribution in [2.24, 2.45) is 5.22 Å². The van der Waals surface area contributed by atoms with Gasteiger partial charge in [0, 0.05) is 6.26 Å². The second-order valence-corrected chi connectivity index (χ2v) is 2.26. The molecule has 0 atom stereocenters. The fourth-order valence-corrected chi connectivity index (χ4v) is 0.978. The van der Waals surface area contributed by atoms with E-state index >= 15 is 0 Å². The van der Waals surface area contributed by atoms with Crippen molar-refractivity contribution in [2.75, 3.05) is 13.1 Å². The molecular weight excluding hydrogens is 146 g/mol. The maximum atomic E-state index is 10.6. The minimum atomic E-state index is 0.165. The van der Waals surface area contributed by atoms with Crippen LogP contribution in [0.3, 0.4) is 0 Å². The fourth-order valence-electron chi connectivity index (χ4n) is 0.978. The van der Waals surface area contributed by atoms with Crippen LogP contribution in [0.2, 0.25) is 0 Å². The fraction of sp³-hybridized carbons (Fsp3) is 0.667. The smallest absolute Gasteiger partial charge is 0.130 e. The van der Waals surface area contributed by atoms with Gasteiger partial charge < -0.3 is 10.0 Å². The summed E-state index contributed by atoms with van der Waals surface area (Å²) in [5.41, 5.74) is 0. The molecule has 0 spiro atoms. The Labute approximate surface area is 65.1 Å². The van der Waals surface area contributed by atoms with Gasteiger partial charge in [-0.3, -0.25) is 0 Å². The molecule has 1 aliphatic heterocycles. The van der Waals surface area contributed by atoms with Gasteiger partial charge in [-0.15, -0.1) is 0 Å². The molecule has 0 aromatic heterocycles. The van der Waals surface area contributed by atoms with Crippen LogP contribution in [-0.2, 0) is 4.84 Å². The van der Waals surface area contributed by atoms with Crippen LogP contribution in [0.4, 0.5) is 0 Å². The van der Waals surface area contributed by atoms with Crippen molar-refractivity contribution in [2.45, 2.75) is 12.8 Å². The van der Waals surface area contributed by atoms with Crippen LogP contribution in [0.5, 0.6) is 0 Å². The normalized spacial score (nSPS) is 18.5. The second kappa shape index (κ2) is 3.80. The average Bonchev–Trinajstić information content (AvgIpc) is 2.40. The van der Waals surface area contributed by atoms with Crippen molar-refractivity contribution < 1.29 is 9.86 Å². The Hall–Kier alpha value is -1.26. The first-order chi connectivity index (χ1) is 5.33. The Kier molecular flexibility index (Phi) is 2.71. The van der Waals surface area contributed by atoms with Gasteiger partial charge in [-0.05, 0) is 12.8 Å². The highest BCUT2D eigenvalue weighted by Gasteiger charge is 2.16. The van der Waals surface area contributed by atoms with Crippen LogP contribution in [0.15, 0.2) is 18.1 Å². The first-order valence-corrected chi connectivity index (χ1v) is 3.54. The lowest BCUT2D eigenvalue weighted by Gasteiger charge is -2.04. The largest absolute Gasteiger partial charge is 0.431 e. The molecule has 1 rings (SSSR count). The lowest BCUT2D eigenvalue weighted by Crippen LogP contribution is -2.15. The Morgan fingerprint density at radius 2 is 2.18 bits per heavy atom. The molecule has 0 aliphatic carbocycles. The summed E-state index contributed by atoms with van der Waals surface area (Å²) in [5.74, 6) is 0. The van der Waals surface area contributed by atoms with Gasteiger partial charge in [-0.2, -0.15) is 5.01 Å². The first-order valence-electron chi connectivity index (χ1n) is 3.54. The minimum absolute atomic E-state index is 0.165. The number of hydrogen-bond donors (Lipinski definition) is 0. The molecule has 1 fully saturated rings. The molecule has 62 valence electrons. The number of nitrogens with zero attached hydrogens (tertiary/aromatic N) is 3. The Balaban J connectivity index is 2.35. The third-order valence-corrected chi connectivity index (χ3v) is 1.45.